The van der Waals surface area contributed by atoms with Crippen LogP contribution in [0.5, 0.6) is 0 Å². The van der Waals surface area contributed by atoms with E-state index >= 15 is 0 Å². The number of carbonyl (C=O) groups is 3. The van der Waals surface area contributed by atoms with Gasteiger partial charge in [0.15, 0.2) is 0 Å². The fourth-order valence-corrected chi connectivity index (χ4v) is 2.03. The molecule has 1 aliphatic rings. The predicted molar refractivity (Wildman–Crippen MR) is 58.5 cm³/mol. The molecule has 0 radical (unpaired) electrons. The summed E-state index contributed by atoms with van der Waals surface area (Å²) in [5.74, 6) is -2.60. The number of hydrogen-bond donors (Lipinski definition) is 1. The van der Waals surface area contributed by atoms with Crippen molar-refractivity contribution in [3.05, 3.63) is 0 Å². The lowest BCUT2D eigenvalue weighted by Gasteiger charge is -2.26. The molecule has 1 rings (SSSR count). The number of methoxy groups -OCH3 is 2. The summed E-state index contributed by atoms with van der Waals surface area (Å²) in [6.45, 7) is 0. The van der Waals surface area contributed by atoms with Gasteiger partial charge < -0.3 is 14.8 Å². The number of amides is 1. The van der Waals surface area contributed by atoms with Gasteiger partial charge in [-0.05, 0) is 0 Å². The molecule has 8 heteroatoms. The molecule has 1 amide bonds. The van der Waals surface area contributed by atoms with E-state index in [1.807, 2.05) is 0 Å². The van der Waals surface area contributed by atoms with Gasteiger partial charge in [-0.3, -0.25) is 9.59 Å². The van der Waals surface area contributed by atoms with Gasteiger partial charge in [0.05, 0.1) is 14.2 Å². The Hall–Kier alpha value is -1.73. The Morgan fingerprint density at radius 1 is 1.16 bits per heavy atom. The van der Waals surface area contributed by atoms with Crippen LogP contribution in [0.2, 0.25) is 0 Å². The van der Waals surface area contributed by atoms with Crippen molar-refractivity contribution in [2.45, 2.75) is 37.1 Å². The van der Waals surface area contributed by atoms with E-state index in [1.165, 1.54) is 0 Å². The summed E-state index contributed by atoms with van der Waals surface area (Å²) in [7, 11) is 2.14. The summed E-state index contributed by atoms with van der Waals surface area (Å²) >= 11 is 0. The van der Waals surface area contributed by atoms with Gasteiger partial charge >= 0.3 is 11.9 Å². The van der Waals surface area contributed by atoms with E-state index in [2.05, 4.69) is 14.8 Å². The van der Waals surface area contributed by atoms with Crippen LogP contribution in [0.25, 0.3) is 0 Å². The van der Waals surface area contributed by atoms with Gasteiger partial charge in [0.25, 0.3) is 0 Å². The number of rotatable bonds is 4. The van der Waals surface area contributed by atoms with Crippen LogP contribution in [-0.4, -0.2) is 49.9 Å². The first-order valence-electron chi connectivity index (χ1n) is 5.59. The molecule has 0 aliphatic heterocycles. The van der Waals surface area contributed by atoms with Crippen molar-refractivity contribution in [1.29, 1.82) is 0 Å². The molecule has 1 N–H and O–H groups in total. The fraction of sp³-hybridized carbons (Fsp3) is 0.727. The first-order valence-corrected chi connectivity index (χ1v) is 5.59. The molecule has 0 heterocycles. The van der Waals surface area contributed by atoms with Crippen LogP contribution in [0.3, 0.4) is 0 Å². The topological polar surface area (TPSA) is 81.7 Å². The fourth-order valence-electron chi connectivity index (χ4n) is 2.03. The number of ether oxygens (including phenoxy) is 2. The molecular formula is C11H15F2NO5. The molecule has 2 atom stereocenters. The zero-order valence-corrected chi connectivity index (χ0v) is 10.6. The number of halogens is 2. The summed E-state index contributed by atoms with van der Waals surface area (Å²) in [5.41, 5.74) is -1.77. The van der Waals surface area contributed by atoms with Crippen LogP contribution >= 0.6 is 0 Å². The van der Waals surface area contributed by atoms with Crippen molar-refractivity contribution in [2.75, 3.05) is 14.2 Å². The number of carbonyl (C=O) groups excluding carboxylic acids is 3. The predicted octanol–water partition coefficient (Wildman–Crippen LogP) is 0.0475. The maximum atomic E-state index is 13.3. The lowest BCUT2D eigenvalue weighted by atomic mass is 9.97. The lowest BCUT2D eigenvalue weighted by Crippen LogP contribution is -2.54. The highest BCUT2D eigenvalue weighted by Crippen LogP contribution is 2.35. The second-order valence-electron chi connectivity index (χ2n) is 4.32. The Morgan fingerprint density at radius 2 is 1.68 bits per heavy atom. The zero-order chi connectivity index (χ0) is 14.6. The third-order valence-electron chi connectivity index (χ3n) is 2.97. The van der Waals surface area contributed by atoms with E-state index in [1.54, 1.807) is 0 Å². The third-order valence-corrected chi connectivity index (χ3v) is 2.97. The number of esters is 2. The van der Waals surface area contributed by atoms with Crippen LogP contribution in [0, 0.1) is 0 Å². The summed E-state index contributed by atoms with van der Waals surface area (Å²) in [5, 5.41) is 2.17. The standard InChI is InChI=1S/C11H15F2NO5/c1-18-9(16)3-8(15)14-11(10(17)19-2)4-6(12)7(13)5-11/h6-7H,3-5H2,1-2H3,(H,14,15). The minimum atomic E-state index is -1.86. The molecule has 1 fully saturated rings. The minimum Gasteiger partial charge on any atom is -0.469 e. The van der Waals surface area contributed by atoms with Crippen molar-refractivity contribution in [3.63, 3.8) is 0 Å². The van der Waals surface area contributed by atoms with Gasteiger partial charge in [0, 0.05) is 12.8 Å². The Bertz CT molecular complexity index is 377. The summed E-state index contributed by atoms with van der Waals surface area (Å²) in [6.07, 6.45) is -5.40. The summed E-state index contributed by atoms with van der Waals surface area (Å²) < 4.78 is 35.3. The minimum absolute atomic E-state index is 0.520. The molecule has 0 aromatic heterocycles. The summed E-state index contributed by atoms with van der Waals surface area (Å²) in [4.78, 5) is 34.1. The molecule has 0 bridgehead atoms. The van der Waals surface area contributed by atoms with Gasteiger partial charge in [0.1, 0.15) is 24.3 Å². The normalized spacial score (nSPS) is 29.7. The first kappa shape index (κ1) is 15.3. The molecule has 6 nitrogen and oxygen atoms in total. The van der Waals surface area contributed by atoms with E-state index in [0.29, 0.717) is 0 Å². The smallest absolute Gasteiger partial charge is 0.331 e. The van der Waals surface area contributed by atoms with Crippen LogP contribution in [0.1, 0.15) is 19.3 Å². The van der Waals surface area contributed by atoms with E-state index in [-0.39, 0.29) is 0 Å². The van der Waals surface area contributed by atoms with E-state index in [0.717, 1.165) is 14.2 Å². The van der Waals surface area contributed by atoms with Gasteiger partial charge in [-0.2, -0.15) is 0 Å². The number of hydrogen-bond acceptors (Lipinski definition) is 5. The van der Waals surface area contributed by atoms with Gasteiger partial charge in [0.2, 0.25) is 5.91 Å². The molecule has 1 aliphatic carbocycles. The van der Waals surface area contributed by atoms with Crippen molar-refractivity contribution in [3.8, 4) is 0 Å². The second-order valence-corrected chi connectivity index (χ2v) is 4.32. The quantitative estimate of drug-likeness (QED) is 0.581. The van der Waals surface area contributed by atoms with Crippen LogP contribution < -0.4 is 5.32 Å². The SMILES string of the molecule is COC(=O)CC(=O)NC1(C(=O)OC)CC(F)C(F)C1. The van der Waals surface area contributed by atoms with Crippen molar-refractivity contribution < 1.29 is 32.6 Å². The highest BCUT2D eigenvalue weighted by Gasteiger charge is 2.53. The van der Waals surface area contributed by atoms with Crippen molar-refractivity contribution >= 4 is 17.8 Å². The average Bonchev–Trinajstić information content (AvgIpc) is 2.64. The second kappa shape index (κ2) is 5.94. The Labute approximate surface area is 108 Å². The largest absolute Gasteiger partial charge is 0.469 e. The van der Waals surface area contributed by atoms with Crippen LogP contribution in [0.4, 0.5) is 8.78 Å². The van der Waals surface area contributed by atoms with Gasteiger partial charge in [-0.1, -0.05) is 0 Å². The number of nitrogens with one attached hydrogen (secondary N) is 1. The molecule has 0 aromatic rings. The molecular weight excluding hydrogens is 264 g/mol. The maximum absolute atomic E-state index is 13.3. The van der Waals surface area contributed by atoms with E-state index < -0.39 is 55.0 Å². The lowest BCUT2D eigenvalue weighted by molar-refractivity contribution is -0.153. The molecule has 0 aromatic carbocycles. The monoisotopic (exact) mass is 279 g/mol. The molecule has 108 valence electrons. The Kier molecular flexibility index (Phi) is 4.79. The Balaban J connectivity index is 2.80. The molecule has 19 heavy (non-hydrogen) atoms. The molecule has 0 saturated heterocycles. The third kappa shape index (κ3) is 3.39. The van der Waals surface area contributed by atoms with Crippen molar-refractivity contribution in [2.24, 2.45) is 0 Å². The summed E-state index contributed by atoms with van der Waals surface area (Å²) in [6, 6.07) is 0. The van der Waals surface area contributed by atoms with Crippen LogP contribution in [-0.2, 0) is 23.9 Å². The highest BCUT2D eigenvalue weighted by atomic mass is 19.2. The molecule has 2 unspecified atom stereocenters. The van der Waals surface area contributed by atoms with E-state index in [4.69, 9.17) is 0 Å². The molecule has 0 spiro atoms. The van der Waals surface area contributed by atoms with Gasteiger partial charge in [-0.15, -0.1) is 0 Å². The highest BCUT2D eigenvalue weighted by molar-refractivity contribution is 5.97. The Morgan fingerprint density at radius 3 is 2.11 bits per heavy atom. The van der Waals surface area contributed by atoms with Crippen molar-refractivity contribution in [1.82, 2.24) is 5.32 Å². The van der Waals surface area contributed by atoms with E-state index in [9.17, 15) is 23.2 Å². The average molecular weight is 279 g/mol. The van der Waals surface area contributed by atoms with Gasteiger partial charge in [-0.25, -0.2) is 13.6 Å². The maximum Gasteiger partial charge on any atom is 0.331 e. The zero-order valence-electron chi connectivity index (χ0n) is 10.6. The van der Waals surface area contributed by atoms with Crippen LogP contribution in [0.15, 0.2) is 0 Å². The first-order chi connectivity index (χ1) is 8.84. The number of alkyl halides is 2. The molecule has 1 saturated carbocycles.